The molecule has 1 aliphatic rings. The summed E-state index contributed by atoms with van der Waals surface area (Å²) in [5.41, 5.74) is 0.923. The molecule has 1 saturated heterocycles. The van der Waals surface area contributed by atoms with Crippen molar-refractivity contribution in [3.63, 3.8) is 0 Å². The Morgan fingerprint density at radius 2 is 2.23 bits per heavy atom. The van der Waals surface area contributed by atoms with Crippen LogP contribution in [0.25, 0.3) is 0 Å². The van der Waals surface area contributed by atoms with Gasteiger partial charge in [0, 0.05) is 38.3 Å². The number of carbonyl (C=O) groups is 1. The molecule has 3 rings (SSSR count). The van der Waals surface area contributed by atoms with E-state index in [1.807, 2.05) is 23.1 Å². The van der Waals surface area contributed by atoms with Gasteiger partial charge in [-0.25, -0.2) is 9.97 Å². The highest BCUT2D eigenvalue weighted by molar-refractivity contribution is 5.73. The Labute approximate surface area is 129 Å². The van der Waals surface area contributed by atoms with Crippen LogP contribution >= 0.6 is 0 Å². The Bertz CT molecular complexity index is 646. The van der Waals surface area contributed by atoms with Crippen LogP contribution in [-0.4, -0.2) is 38.8 Å². The summed E-state index contributed by atoms with van der Waals surface area (Å²) in [6, 6.07) is 5.66. The van der Waals surface area contributed by atoms with Crippen LogP contribution in [0.2, 0.25) is 0 Å². The maximum absolute atomic E-state index is 11.6. The zero-order valence-electron chi connectivity index (χ0n) is 12.6. The lowest BCUT2D eigenvalue weighted by atomic mass is 9.95. The molecule has 0 aliphatic carbocycles. The molecule has 2 aromatic heterocycles. The van der Waals surface area contributed by atoms with E-state index in [1.54, 1.807) is 25.5 Å². The van der Waals surface area contributed by atoms with Crippen LogP contribution in [0.15, 0.2) is 36.8 Å². The second kappa shape index (κ2) is 6.51. The molecule has 0 aromatic carbocycles. The normalized spacial score (nSPS) is 18.0. The highest BCUT2D eigenvalue weighted by Crippen LogP contribution is 2.26. The van der Waals surface area contributed by atoms with Gasteiger partial charge in [0.15, 0.2) is 0 Å². The summed E-state index contributed by atoms with van der Waals surface area (Å²) in [6.07, 6.45) is 7.24. The lowest BCUT2D eigenvalue weighted by Crippen LogP contribution is -2.37. The van der Waals surface area contributed by atoms with Gasteiger partial charge in [0.1, 0.15) is 11.6 Å². The van der Waals surface area contributed by atoms with E-state index in [1.165, 1.54) is 0 Å². The Morgan fingerprint density at radius 1 is 1.32 bits per heavy atom. The molecule has 1 aliphatic heterocycles. The molecule has 1 fully saturated rings. The smallest absolute Gasteiger partial charge is 0.219 e. The largest absolute Gasteiger partial charge is 0.342 e. The highest BCUT2D eigenvalue weighted by atomic mass is 16.2. The van der Waals surface area contributed by atoms with Crippen molar-refractivity contribution in [1.82, 2.24) is 19.9 Å². The summed E-state index contributed by atoms with van der Waals surface area (Å²) in [7, 11) is 0. The van der Waals surface area contributed by atoms with Gasteiger partial charge in [-0.3, -0.25) is 9.78 Å². The molecule has 6 nitrogen and oxygen atoms in total. The Kier molecular flexibility index (Phi) is 4.27. The topological polar surface area (TPSA) is 71.0 Å². The number of nitrogens with zero attached hydrogens (tertiary/aromatic N) is 4. The lowest BCUT2D eigenvalue weighted by molar-refractivity contribution is -0.130. The molecule has 2 aromatic rings. The summed E-state index contributed by atoms with van der Waals surface area (Å²) >= 11 is 0. The van der Waals surface area contributed by atoms with Gasteiger partial charge in [-0.05, 0) is 25.0 Å². The molecule has 1 atom stereocenters. The van der Waals surface area contributed by atoms with Crippen LogP contribution in [0.1, 0.15) is 31.4 Å². The molecule has 22 heavy (non-hydrogen) atoms. The summed E-state index contributed by atoms with van der Waals surface area (Å²) < 4.78 is 0. The van der Waals surface area contributed by atoms with E-state index in [4.69, 9.17) is 0 Å². The molecule has 0 bridgehead atoms. The summed E-state index contributed by atoms with van der Waals surface area (Å²) in [6.45, 7) is 3.18. The van der Waals surface area contributed by atoms with Crippen molar-refractivity contribution < 1.29 is 4.79 Å². The van der Waals surface area contributed by atoms with Gasteiger partial charge in [0.2, 0.25) is 5.91 Å². The van der Waals surface area contributed by atoms with Gasteiger partial charge >= 0.3 is 0 Å². The van der Waals surface area contributed by atoms with Crippen LogP contribution in [0.3, 0.4) is 0 Å². The number of carbonyl (C=O) groups excluding carboxylic acids is 1. The molecule has 0 radical (unpaired) electrons. The summed E-state index contributed by atoms with van der Waals surface area (Å²) in [4.78, 5) is 26.6. The first-order valence-corrected chi connectivity index (χ1v) is 7.48. The second-order valence-corrected chi connectivity index (χ2v) is 5.47. The van der Waals surface area contributed by atoms with E-state index in [0.717, 1.165) is 37.4 Å². The van der Waals surface area contributed by atoms with E-state index in [2.05, 4.69) is 20.3 Å². The monoisotopic (exact) mass is 297 g/mol. The minimum atomic E-state index is 0.125. The van der Waals surface area contributed by atoms with Gasteiger partial charge in [0.25, 0.3) is 0 Å². The Hall–Kier alpha value is -2.50. The van der Waals surface area contributed by atoms with Crippen molar-refractivity contribution in [1.29, 1.82) is 0 Å². The predicted octanol–water partition coefficient (Wildman–Crippen LogP) is 2.34. The van der Waals surface area contributed by atoms with Crippen molar-refractivity contribution >= 4 is 17.5 Å². The first kappa shape index (κ1) is 14.4. The van der Waals surface area contributed by atoms with Crippen LogP contribution in [0, 0.1) is 0 Å². The number of aromatic nitrogens is 3. The first-order valence-electron chi connectivity index (χ1n) is 7.48. The summed E-state index contributed by atoms with van der Waals surface area (Å²) in [5, 5.41) is 3.15. The quantitative estimate of drug-likeness (QED) is 0.941. The van der Waals surface area contributed by atoms with Crippen LogP contribution < -0.4 is 5.32 Å². The van der Waals surface area contributed by atoms with Crippen LogP contribution in [-0.2, 0) is 4.79 Å². The second-order valence-electron chi connectivity index (χ2n) is 5.47. The number of anilines is 2. The molecule has 0 saturated carbocycles. The first-order chi connectivity index (χ1) is 10.7. The lowest BCUT2D eigenvalue weighted by Gasteiger charge is -2.31. The van der Waals surface area contributed by atoms with Crippen molar-refractivity contribution in [3.8, 4) is 0 Å². The molecule has 3 heterocycles. The highest BCUT2D eigenvalue weighted by Gasteiger charge is 2.24. The van der Waals surface area contributed by atoms with Crippen molar-refractivity contribution in [2.75, 3.05) is 18.4 Å². The fourth-order valence-electron chi connectivity index (χ4n) is 2.71. The van der Waals surface area contributed by atoms with Gasteiger partial charge in [-0.1, -0.05) is 6.07 Å². The van der Waals surface area contributed by atoms with Gasteiger partial charge in [0.05, 0.1) is 11.9 Å². The standard InChI is InChI=1S/C16H19N5O/c1-12(22)21-8-4-5-13(11-21)14-9-17-10-16(19-14)20-15-6-2-3-7-18-15/h2-3,6-7,9-10,13H,4-5,8,11H2,1H3,(H,18,19,20). The van der Waals surface area contributed by atoms with E-state index >= 15 is 0 Å². The molecule has 114 valence electrons. The number of amides is 1. The van der Waals surface area contributed by atoms with Crippen LogP contribution in [0.5, 0.6) is 0 Å². The average Bonchev–Trinajstić information content (AvgIpc) is 2.56. The van der Waals surface area contributed by atoms with Crippen molar-refractivity contribution in [2.24, 2.45) is 0 Å². The summed E-state index contributed by atoms with van der Waals surface area (Å²) in [5.74, 6) is 1.79. The number of hydrogen-bond donors (Lipinski definition) is 1. The zero-order chi connectivity index (χ0) is 15.4. The van der Waals surface area contributed by atoms with Crippen molar-refractivity contribution in [3.05, 3.63) is 42.5 Å². The minimum absolute atomic E-state index is 0.125. The molecule has 1 N–H and O–H groups in total. The molecular weight excluding hydrogens is 278 g/mol. The Morgan fingerprint density at radius 3 is 3.00 bits per heavy atom. The maximum atomic E-state index is 11.6. The molecule has 1 unspecified atom stereocenters. The fraction of sp³-hybridized carbons (Fsp3) is 0.375. The van der Waals surface area contributed by atoms with Gasteiger partial charge in [-0.2, -0.15) is 0 Å². The zero-order valence-corrected chi connectivity index (χ0v) is 12.6. The van der Waals surface area contributed by atoms with Gasteiger partial charge in [-0.15, -0.1) is 0 Å². The Balaban J connectivity index is 1.75. The van der Waals surface area contributed by atoms with Crippen molar-refractivity contribution in [2.45, 2.75) is 25.7 Å². The average molecular weight is 297 g/mol. The molecular formula is C16H19N5O. The van der Waals surface area contributed by atoms with E-state index in [9.17, 15) is 4.79 Å². The fourth-order valence-corrected chi connectivity index (χ4v) is 2.71. The molecule has 0 spiro atoms. The third kappa shape index (κ3) is 3.39. The van der Waals surface area contributed by atoms with Crippen LogP contribution in [0.4, 0.5) is 11.6 Å². The minimum Gasteiger partial charge on any atom is -0.342 e. The van der Waals surface area contributed by atoms with E-state index in [-0.39, 0.29) is 11.8 Å². The molecule has 6 heteroatoms. The number of nitrogens with one attached hydrogen (secondary N) is 1. The third-order valence-electron chi connectivity index (χ3n) is 3.86. The number of piperidine rings is 1. The number of pyridine rings is 1. The van der Waals surface area contributed by atoms with Gasteiger partial charge < -0.3 is 10.2 Å². The molecule has 1 amide bonds. The van der Waals surface area contributed by atoms with E-state index < -0.39 is 0 Å². The number of likely N-dealkylation sites (tertiary alicyclic amines) is 1. The maximum Gasteiger partial charge on any atom is 0.219 e. The van der Waals surface area contributed by atoms with E-state index in [0.29, 0.717) is 5.82 Å². The SMILES string of the molecule is CC(=O)N1CCCC(c2cncc(Nc3ccccn3)n2)C1. The third-order valence-corrected chi connectivity index (χ3v) is 3.86. The number of hydrogen-bond acceptors (Lipinski definition) is 5. The number of rotatable bonds is 3. The predicted molar refractivity (Wildman–Crippen MR) is 83.8 cm³/mol.